The number of methoxy groups -OCH3 is 1. The van der Waals surface area contributed by atoms with Gasteiger partial charge in [-0.2, -0.15) is 4.31 Å². The van der Waals surface area contributed by atoms with E-state index in [1.165, 1.54) is 0 Å². The van der Waals surface area contributed by atoms with E-state index in [1.54, 1.807) is 29.7 Å². The summed E-state index contributed by atoms with van der Waals surface area (Å²) in [7, 11) is -1.77. The largest absolute Gasteiger partial charge is 0.472 e. The van der Waals surface area contributed by atoms with E-state index in [4.69, 9.17) is 9.47 Å². The number of carbonyl (C=O) groups excluding carboxylic acids is 1. The van der Waals surface area contributed by atoms with Gasteiger partial charge >= 0.3 is 0 Å². The highest BCUT2D eigenvalue weighted by Gasteiger charge is 2.36. The molecule has 0 saturated heterocycles. The molecule has 0 spiro atoms. The number of aromatic nitrogens is 4. The Bertz CT molecular complexity index is 1630. The Balaban J connectivity index is 1.53. The first-order chi connectivity index (χ1) is 21.2. The van der Waals surface area contributed by atoms with Crippen LogP contribution in [0.5, 0.6) is 5.88 Å². The van der Waals surface area contributed by atoms with E-state index in [0.29, 0.717) is 37.6 Å². The molecule has 0 saturated carbocycles. The molecular weight excluding hydrogens is 580 g/mol. The highest BCUT2D eigenvalue weighted by atomic mass is 32.3. The van der Waals surface area contributed by atoms with E-state index >= 15 is 0 Å². The maximum Gasteiger partial charge on any atom is 0.239 e. The minimum atomic E-state index is -3.37. The number of hydrogen-bond donors (Lipinski definition) is 3. The van der Waals surface area contributed by atoms with Gasteiger partial charge in [0.15, 0.2) is 0 Å². The molecule has 0 aliphatic carbocycles. The van der Waals surface area contributed by atoms with Crippen LogP contribution in [-0.4, -0.2) is 72.2 Å². The van der Waals surface area contributed by atoms with Crippen molar-refractivity contribution in [1.82, 2.24) is 29.6 Å². The summed E-state index contributed by atoms with van der Waals surface area (Å²) in [4.78, 5) is 17.8. The highest BCUT2D eigenvalue weighted by molar-refractivity contribution is 8.22. The molecule has 2 atom stereocenters. The zero-order valence-corrected chi connectivity index (χ0v) is 26.8. The van der Waals surface area contributed by atoms with Crippen LogP contribution in [0.4, 0.5) is 0 Å². The third kappa shape index (κ3) is 6.45. The summed E-state index contributed by atoms with van der Waals surface area (Å²) in [6, 6.07) is 13.6. The summed E-state index contributed by atoms with van der Waals surface area (Å²) in [5.74, 6) is -0.0911. The standard InChI is InChI=1S/C32H42N6O5S/c1-6-25-20-37(44(40,41)29-9-8-14-34-32(29)43-25)19-24-17-23(11-10-21(24)3)27(18-30(39)33-15-16-42-5)26-12-13-28-31(22(26)4)35-36-38(28)7-2/h8-14,17,25,27,40-41H,6-7,15-16,18-20H2,1-5H3,(H,33,39). The van der Waals surface area contributed by atoms with Crippen LogP contribution in [0.1, 0.15) is 60.4 Å². The average molecular weight is 623 g/mol. The number of ether oxygens (including phenoxy) is 2. The quantitative estimate of drug-likeness (QED) is 0.187. The molecule has 2 unspecified atom stereocenters. The van der Waals surface area contributed by atoms with Gasteiger partial charge in [-0.1, -0.05) is 36.4 Å². The van der Waals surface area contributed by atoms with Crippen molar-refractivity contribution >= 4 is 27.7 Å². The van der Waals surface area contributed by atoms with E-state index in [2.05, 4.69) is 38.8 Å². The molecule has 11 nitrogen and oxygen atoms in total. The van der Waals surface area contributed by atoms with Gasteiger partial charge in [0, 0.05) is 45.3 Å². The first-order valence-electron chi connectivity index (χ1n) is 15.0. The molecule has 3 N–H and O–H groups in total. The second kappa shape index (κ2) is 13.6. The van der Waals surface area contributed by atoms with Crippen molar-refractivity contribution in [2.45, 2.75) is 70.5 Å². The molecule has 44 heavy (non-hydrogen) atoms. The molecule has 1 amide bonds. The fraction of sp³-hybridized carbons (Fsp3) is 0.438. The van der Waals surface area contributed by atoms with E-state index in [1.807, 2.05) is 44.5 Å². The molecule has 0 fully saturated rings. The Labute approximate surface area is 260 Å². The van der Waals surface area contributed by atoms with E-state index in [0.717, 1.165) is 38.9 Å². The number of hydrogen-bond acceptors (Lipinski definition) is 9. The van der Waals surface area contributed by atoms with Crippen molar-refractivity contribution in [3.05, 3.63) is 76.5 Å². The zero-order chi connectivity index (χ0) is 31.4. The van der Waals surface area contributed by atoms with Crippen LogP contribution in [0.3, 0.4) is 0 Å². The third-order valence-corrected chi connectivity index (χ3v) is 10.2. The Morgan fingerprint density at radius 2 is 2.02 bits per heavy atom. The Morgan fingerprint density at radius 1 is 1.20 bits per heavy atom. The lowest BCUT2D eigenvalue weighted by atomic mass is 9.84. The monoisotopic (exact) mass is 622 g/mol. The first-order valence-corrected chi connectivity index (χ1v) is 16.5. The van der Waals surface area contributed by atoms with E-state index in [9.17, 15) is 13.9 Å². The molecule has 4 aromatic rings. The summed E-state index contributed by atoms with van der Waals surface area (Å²) < 4.78 is 37.8. The van der Waals surface area contributed by atoms with Crippen molar-refractivity contribution < 1.29 is 23.4 Å². The molecule has 1 aliphatic rings. The maximum atomic E-state index is 13.2. The van der Waals surface area contributed by atoms with Crippen molar-refractivity contribution in [1.29, 1.82) is 0 Å². The van der Waals surface area contributed by atoms with Gasteiger partial charge < -0.3 is 14.8 Å². The number of nitrogens with one attached hydrogen (secondary N) is 1. The SMILES string of the molecule is CCC1CN(Cc2cc(C(CC(=O)NCCOC)c3ccc4c(nnn4CC)c3C)ccc2C)S(O)(O)c2cccnc2O1. The predicted octanol–water partition coefficient (Wildman–Crippen LogP) is 5.45. The number of carbonyl (C=O) groups is 1. The van der Waals surface area contributed by atoms with Crippen LogP contribution >= 0.6 is 10.8 Å². The van der Waals surface area contributed by atoms with Gasteiger partial charge in [-0.05, 0) is 73.2 Å². The van der Waals surface area contributed by atoms with Crippen LogP contribution < -0.4 is 10.1 Å². The molecule has 2 aromatic carbocycles. The van der Waals surface area contributed by atoms with Gasteiger partial charge in [-0.3, -0.25) is 13.9 Å². The fourth-order valence-electron chi connectivity index (χ4n) is 5.73. The van der Waals surface area contributed by atoms with Gasteiger partial charge in [0.2, 0.25) is 11.8 Å². The number of rotatable bonds is 11. The highest BCUT2D eigenvalue weighted by Crippen LogP contribution is 2.57. The number of amides is 1. The molecule has 12 heteroatoms. The minimum Gasteiger partial charge on any atom is -0.472 e. The summed E-state index contributed by atoms with van der Waals surface area (Å²) in [6.45, 7) is 10.3. The van der Waals surface area contributed by atoms with Gasteiger partial charge in [-0.15, -0.1) is 15.9 Å². The molecule has 236 valence electrons. The van der Waals surface area contributed by atoms with Crippen molar-refractivity contribution in [3.63, 3.8) is 0 Å². The van der Waals surface area contributed by atoms with E-state index < -0.39 is 10.8 Å². The molecule has 5 rings (SSSR count). The number of nitrogens with zero attached hydrogens (tertiary/aromatic N) is 5. The zero-order valence-electron chi connectivity index (χ0n) is 26.0. The number of pyridine rings is 1. The second-order valence-corrected chi connectivity index (χ2v) is 13.1. The number of fused-ring (bicyclic) bond motifs is 2. The predicted molar refractivity (Wildman–Crippen MR) is 171 cm³/mol. The second-order valence-electron chi connectivity index (χ2n) is 11.1. The molecule has 1 aliphatic heterocycles. The van der Waals surface area contributed by atoms with Crippen LogP contribution in [0.2, 0.25) is 0 Å². The minimum absolute atomic E-state index is 0.0837. The lowest BCUT2D eigenvalue weighted by Crippen LogP contribution is -2.34. The molecule has 2 aromatic heterocycles. The van der Waals surface area contributed by atoms with Gasteiger partial charge in [0.05, 0.1) is 18.7 Å². The van der Waals surface area contributed by atoms with Gasteiger partial charge in [0.1, 0.15) is 16.5 Å². The van der Waals surface area contributed by atoms with Crippen molar-refractivity contribution in [2.75, 3.05) is 26.8 Å². The summed E-state index contributed by atoms with van der Waals surface area (Å²) in [5, 5.41) is 11.7. The molecule has 3 heterocycles. The molecule has 0 bridgehead atoms. The number of aryl methyl sites for hydroxylation is 3. The average Bonchev–Trinajstić information content (AvgIpc) is 3.40. The molecular formula is C32H42N6O5S. The topological polar surface area (TPSA) is 135 Å². The molecule has 0 radical (unpaired) electrons. The van der Waals surface area contributed by atoms with Gasteiger partial charge in [-0.25, -0.2) is 9.67 Å². The first kappa shape index (κ1) is 31.9. The Kier molecular flexibility index (Phi) is 9.86. The Morgan fingerprint density at radius 3 is 2.77 bits per heavy atom. The van der Waals surface area contributed by atoms with Crippen LogP contribution in [0.15, 0.2) is 53.6 Å². The summed E-state index contributed by atoms with van der Waals surface area (Å²) in [6.07, 6.45) is 2.25. The van der Waals surface area contributed by atoms with Crippen LogP contribution in [0, 0.1) is 13.8 Å². The van der Waals surface area contributed by atoms with Crippen molar-refractivity contribution in [2.24, 2.45) is 0 Å². The maximum absolute atomic E-state index is 13.2. The lowest BCUT2D eigenvalue weighted by molar-refractivity contribution is -0.121. The number of benzene rings is 2. The summed E-state index contributed by atoms with van der Waals surface area (Å²) >= 11 is 0. The smallest absolute Gasteiger partial charge is 0.239 e. The third-order valence-electron chi connectivity index (χ3n) is 8.33. The van der Waals surface area contributed by atoms with Crippen LogP contribution in [0.25, 0.3) is 11.0 Å². The van der Waals surface area contributed by atoms with Crippen molar-refractivity contribution in [3.8, 4) is 5.88 Å². The lowest BCUT2D eigenvalue weighted by Gasteiger charge is -2.41. The van der Waals surface area contributed by atoms with E-state index in [-0.39, 0.29) is 36.8 Å². The Hall–Kier alpha value is -3.55. The summed E-state index contributed by atoms with van der Waals surface area (Å²) in [5.41, 5.74) is 6.64. The van der Waals surface area contributed by atoms with Gasteiger partial charge in [0.25, 0.3) is 0 Å². The normalized spacial score (nSPS) is 17.8. The fourth-order valence-corrected chi connectivity index (χ4v) is 7.29. The van der Waals surface area contributed by atoms with Crippen LogP contribution in [-0.2, 0) is 22.6 Å².